The minimum atomic E-state index is -0.346. The van der Waals surface area contributed by atoms with E-state index in [2.05, 4.69) is 19.2 Å². The summed E-state index contributed by atoms with van der Waals surface area (Å²) in [5, 5.41) is 3.18. The number of allylic oxidation sites excluding steroid dienone is 2. The maximum Gasteiger partial charge on any atom is 0.336 e. The molecule has 5 nitrogen and oxygen atoms in total. The van der Waals surface area contributed by atoms with Gasteiger partial charge in [-0.2, -0.15) is 0 Å². The molecule has 5 heteroatoms. The second-order valence-corrected chi connectivity index (χ2v) is 6.43. The van der Waals surface area contributed by atoms with Crippen LogP contribution in [0.15, 0.2) is 22.5 Å². The van der Waals surface area contributed by atoms with Crippen LogP contribution in [0.2, 0.25) is 0 Å². The molecule has 0 radical (unpaired) electrons. The fourth-order valence-electron chi connectivity index (χ4n) is 3.55. The van der Waals surface area contributed by atoms with E-state index < -0.39 is 0 Å². The first-order valence-corrected chi connectivity index (χ1v) is 9.45. The lowest BCUT2D eigenvalue weighted by Crippen LogP contribution is -2.37. The van der Waals surface area contributed by atoms with Crippen LogP contribution in [0.25, 0.3) is 0 Å². The molecule has 1 rings (SSSR count). The van der Waals surface area contributed by atoms with Gasteiger partial charge in [0.1, 0.15) is 0 Å². The molecule has 0 aromatic rings. The quantitative estimate of drug-likeness (QED) is 0.634. The van der Waals surface area contributed by atoms with Crippen LogP contribution in [0.4, 0.5) is 0 Å². The van der Waals surface area contributed by atoms with E-state index >= 15 is 0 Å². The molecule has 0 saturated heterocycles. The van der Waals surface area contributed by atoms with Crippen molar-refractivity contribution in [3.8, 4) is 0 Å². The smallest absolute Gasteiger partial charge is 0.336 e. The number of esters is 2. The zero-order valence-electron chi connectivity index (χ0n) is 16.5. The average molecular weight is 351 g/mol. The molecule has 0 aromatic carbocycles. The molecule has 1 N–H and O–H groups in total. The van der Waals surface area contributed by atoms with Crippen molar-refractivity contribution < 1.29 is 19.1 Å². The zero-order valence-corrected chi connectivity index (χ0v) is 16.5. The third-order valence-electron chi connectivity index (χ3n) is 4.72. The largest absolute Gasteiger partial charge is 0.463 e. The highest BCUT2D eigenvalue weighted by Gasteiger charge is 2.40. The van der Waals surface area contributed by atoms with Crippen LogP contribution >= 0.6 is 0 Å². The van der Waals surface area contributed by atoms with E-state index in [1.807, 2.05) is 13.8 Å². The van der Waals surface area contributed by atoms with Gasteiger partial charge in [0.2, 0.25) is 0 Å². The van der Waals surface area contributed by atoms with Gasteiger partial charge in [-0.1, -0.05) is 33.1 Å². The number of dihydropyridines is 1. The second kappa shape index (κ2) is 10.3. The molecule has 0 fully saturated rings. The molecule has 142 valence electrons. The van der Waals surface area contributed by atoms with Crippen LogP contribution in [0.1, 0.15) is 67.2 Å². The van der Waals surface area contributed by atoms with Crippen molar-refractivity contribution in [3.63, 3.8) is 0 Å². The Morgan fingerprint density at radius 1 is 0.960 bits per heavy atom. The van der Waals surface area contributed by atoms with Gasteiger partial charge >= 0.3 is 11.9 Å². The third kappa shape index (κ3) is 5.10. The zero-order chi connectivity index (χ0) is 19.0. The van der Waals surface area contributed by atoms with Gasteiger partial charge in [-0.3, -0.25) is 0 Å². The Bertz CT molecular complexity index is 508. The molecule has 1 aliphatic heterocycles. The lowest BCUT2D eigenvalue weighted by Gasteiger charge is -2.35. The summed E-state index contributed by atoms with van der Waals surface area (Å²) >= 11 is 0. The maximum atomic E-state index is 12.7. The first-order valence-electron chi connectivity index (χ1n) is 9.45. The summed E-state index contributed by atoms with van der Waals surface area (Å²) < 4.78 is 10.6. The van der Waals surface area contributed by atoms with Gasteiger partial charge in [-0.15, -0.1) is 0 Å². The summed E-state index contributed by atoms with van der Waals surface area (Å²) in [7, 11) is 0. The molecular weight excluding hydrogens is 318 g/mol. The fourth-order valence-corrected chi connectivity index (χ4v) is 3.55. The first-order chi connectivity index (χ1) is 11.9. The molecular formula is C20H33NO4. The summed E-state index contributed by atoms with van der Waals surface area (Å²) in [6.45, 7) is 12.2. The van der Waals surface area contributed by atoms with E-state index in [4.69, 9.17) is 9.47 Å². The van der Waals surface area contributed by atoms with Gasteiger partial charge in [-0.05, 0) is 40.0 Å². The summed E-state index contributed by atoms with van der Waals surface area (Å²) in [6, 6.07) is 0. The third-order valence-corrected chi connectivity index (χ3v) is 4.72. The van der Waals surface area contributed by atoms with Crippen LogP contribution in [0.3, 0.4) is 0 Å². The van der Waals surface area contributed by atoms with Crippen molar-refractivity contribution in [1.82, 2.24) is 5.32 Å². The monoisotopic (exact) mass is 351 g/mol. The minimum absolute atomic E-state index is 0.200. The SMILES string of the molecule is CCCCC(CC)C1C(C(=O)OCC)=C(C)NC(C)=C1C(=O)OCC. The number of unbranched alkanes of at least 4 members (excludes halogenated alkanes) is 1. The Morgan fingerprint density at radius 2 is 1.44 bits per heavy atom. The van der Waals surface area contributed by atoms with Crippen LogP contribution in [-0.4, -0.2) is 25.2 Å². The van der Waals surface area contributed by atoms with Gasteiger partial charge in [0.25, 0.3) is 0 Å². The fraction of sp³-hybridized carbons (Fsp3) is 0.700. The molecule has 0 amide bonds. The molecule has 0 aliphatic carbocycles. The standard InChI is InChI=1S/C20H33NO4/c1-7-11-12-15(8-2)18-16(19(22)24-9-3)13(5)21-14(6)17(18)20(23)25-10-4/h15,18,21H,7-12H2,1-6H3. The van der Waals surface area contributed by atoms with Gasteiger partial charge in [0.15, 0.2) is 0 Å². The Kier molecular flexibility index (Phi) is 8.73. The topological polar surface area (TPSA) is 64.6 Å². The lowest BCUT2D eigenvalue weighted by molar-refractivity contribution is -0.140. The molecule has 0 spiro atoms. The minimum Gasteiger partial charge on any atom is -0.463 e. The lowest BCUT2D eigenvalue weighted by atomic mass is 9.73. The highest BCUT2D eigenvalue weighted by Crippen LogP contribution is 2.40. The molecule has 0 saturated carbocycles. The van der Waals surface area contributed by atoms with Crippen LogP contribution < -0.4 is 5.32 Å². The predicted octanol–water partition coefficient (Wildman–Crippen LogP) is 4.10. The van der Waals surface area contributed by atoms with Crippen molar-refractivity contribution >= 4 is 11.9 Å². The number of hydrogen-bond donors (Lipinski definition) is 1. The molecule has 1 heterocycles. The Morgan fingerprint density at radius 3 is 1.80 bits per heavy atom. The summed E-state index contributed by atoms with van der Waals surface area (Å²) in [5.74, 6) is -0.773. The highest BCUT2D eigenvalue weighted by molar-refractivity contribution is 5.97. The number of rotatable bonds is 9. The van der Waals surface area contributed by atoms with E-state index in [-0.39, 0.29) is 23.8 Å². The van der Waals surface area contributed by atoms with Gasteiger partial charge in [0, 0.05) is 17.3 Å². The van der Waals surface area contributed by atoms with Crippen molar-refractivity contribution in [2.45, 2.75) is 67.2 Å². The van der Waals surface area contributed by atoms with Crippen molar-refractivity contribution in [1.29, 1.82) is 0 Å². The Hall–Kier alpha value is -1.78. The van der Waals surface area contributed by atoms with Crippen molar-refractivity contribution in [2.24, 2.45) is 11.8 Å². The van der Waals surface area contributed by atoms with Crippen molar-refractivity contribution in [3.05, 3.63) is 22.5 Å². The second-order valence-electron chi connectivity index (χ2n) is 6.43. The summed E-state index contributed by atoms with van der Waals surface area (Å²) in [4.78, 5) is 25.3. The Balaban J connectivity index is 3.40. The van der Waals surface area contributed by atoms with Crippen LogP contribution in [-0.2, 0) is 19.1 Å². The van der Waals surface area contributed by atoms with E-state index in [0.29, 0.717) is 24.4 Å². The van der Waals surface area contributed by atoms with E-state index in [9.17, 15) is 9.59 Å². The number of carbonyl (C=O) groups is 2. The van der Waals surface area contributed by atoms with Gasteiger partial charge in [0.05, 0.1) is 24.4 Å². The predicted molar refractivity (Wildman–Crippen MR) is 98.6 cm³/mol. The van der Waals surface area contributed by atoms with E-state index in [0.717, 1.165) is 37.1 Å². The van der Waals surface area contributed by atoms with Crippen molar-refractivity contribution in [2.75, 3.05) is 13.2 Å². The molecule has 1 atom stereocenters. The maximum absolute atomic E-state index is 12.7. The molecule has 1 unspecified atom stereocenters. The molecule has 1 aliphatic rings. The van der Waals surface area contributed by atoms with E-state index in [1.165, 1.54) is 0 Å². The van der Waals surface area contributed by atoms with Crippen LogP contribution in [0, 0.1) is 11.8 Å². The first kappa shape index (κ1) is 21.3. The summed E-state index contributed by atoms with van der Waals surface area (Å²) in [6.07, 6.45) is 3.99. The normalized spacial score (nSPS) is 16.6. The number of nitrogens with one attached hydrogen (secondary N) is 1. The van der Waals surface area contributed by atoms with E-state index in [1.54, 1.807) is 13.8 Å². The van der Waals surface area contributed by atoms with Gasteiger partial charge < -0.3 is 14.8 Å². The van der Waals surface area contributed by atoms with Gasteiger partial charge in [-0.25, -0.2) is 9.59 Å². The highest BCUT2D eigenvalue weighted by atomic mass is 16.5. The van der Waals surface area contributed by atoms with Crippen LogP contribution in [0.5, 0.6) is 0 Å². The molecule has 25 heavy (non-hydrogen) atoms. The summed E-state index contributed by atoms with van der Waals surface area (Å²) in [5.41, 5.74) is 2.67. The molecule has 0 bridgehead atoms. The number of hydrogen-bond acceptors (Lipinski definition) is 5. The average Bonchev–Trinajstić information content (AvgIpc) is 2.55. The molecule has 0 aromatic heterocycles. The number of ether oxygens (including phenoxy) is 2. The Labute approximate surface area is 151 Å². The number of carbonyl (C=O) groups excluding carboxylic acids is 2.